The van der Waals surface area contributed by atoms with Crippen molar-refractivity contribution in [3.8, 4) is 0 Å². The third-order valence-electron chi connectivity index (χ3n) is 3.44. The molecule has 1 rings (SSSR count). The van der Waals surface area contributed by atoms with Crippen LogP contribution in [0.1, 0.15) is 39.5 Å². The summed E-state index contributed by atoms with van der Waals surface area (Å²) in [6.45, 7) is 8.44. The molecule has 1 aliphatic heterocycles. The third-order valence-corrected chi connectivity index (χ3v) is 3.44. The molecule has 0 aromatic carbocycles. The molecular formula is C14H27N3O2. The van der Waals surface area contributed by atoms with Crippen molar-refractivity contribution in [2.75, 3.05) is 39.3 Å². The molecule has 5 heteroatoms. The van der Waals surface area contributed by atoms with Crippen LogP contribution in [0.3, 0.4) is 0 Å². The number of hydrogen-bond donors (Lipinski definition) is 1. The standard InChI is InChI=1S/C14H27N3O2/c1-3-5-9-16(10-6-4-2)13(18)14(19)17-11-7-15-8-12-17/h15H,3-12H2,1-2H3. The first kappa shape index (κ1) is 16.0. The lowest BCUT2D eigenvalue weighted by Gasteiger charge is -2.29. The molecule has 0 bridgehead atoms. The minimum Gasteiger partial charge on any atom is -0.334 e. The Balaban J connectivity index is 2.54. The molecule has 0 saturated carbocycles. The number of carbonyl (C=O) groups is 2. The molecule has 110 valence electrons. The van der Waals surface area contributed by atoms with Crippen LogP contribution in [0.25, 0.3) is 0 Å². The Kier molecular flexibility index (Phi) is 7.48. The van der Waals surface area contributed by atoms with E-state index >= 15 is 0 Å². The fourth-order valence-electron chi connectivity index (χ4n) is 2.15. The van der Waals surface area contributed by atoms with Crippen LogP contribution in [0.5, 0.6) is 0 Å². The van der Waals surface area contributed by atoms with E-state index in [1.165, 1.54) is 0 Å². The first-order valence-electron chi connectivity index (χ1n) is 7.49. The van der Waals surface area contributed by atoms with E-state index in [9.17, 15) is 9.59 Å². The summed E-state index contributed by atoms with van der Waals surface area (Å²) in [5, 5.41) is 3.19. The van der Waals surface area contributed by atoms with E-state index in [1.54, 1.807) is 9.80 Å². The molecule has 1 saturated heterocycles. The van der Waals surface area contributed by atoms with E-state index < -0.39 is 0 Å². The number of rotatable bonds is 6. The normalized spacial score (nSPS) is 15.4. The molecule has 0 aromatic rings. The van der Waals surface area contributed by atoms with E-state index in [0.717, 1.165) is 38.8 Å². The molecule has 0 unspecified atom stereocenters. The minimum atomic E-state index is -0.325. The van der Waals surface area contributed by atoms with Gasteiger partial charge < -0.3 is 15.1 Å². The number of hydrogen-bond acceptors (Lipinski definition) is 3. The van der Waals surface area contributed by atoms with Gasteiger partial charge in [0, 0.05) is 39.3 Å². The van der Waals surface area contributed by atoms with Crippen LogP contribution in [0.15, 0.2) is 0 Å². The Bertz CT molecular complexity index is 280. The fraction of sp³-hybridized carbons (Fsp3) is 0.857. The lowest BCUT2D eigenvalue weighted by molar-refractivity contribution is -0.152. The smallest absolute Gasteiger partial charge is 0.312 e. The molecule has 1 heterocycles. The number of piperazine rings is 1. The second-order valence-electron chi connectivity index (χ2n) is 5.04. The van der Waals surface area contributed by atoms with Gasteiger partial charge in [-0.2, -0.15) is 0 Å². The number of unbranched alkanes of at least 4 members (excludes halogenated alkanes) is 2. The van der Waals surface area contributed by atoms with Crippen molar-refractivity contribution in [1.29, 1.82) is 0 Å². The summed E-state index contributed by atoms with van der Waals surface area (Å²) >= 11 is 0. The Morgan fingerprint density at radius 2 is 1.58 bits per heavy atom. The van der Waals surface area contributed by atoms with E-state index in [1.807, 2.05) is 0 Å². The largest absolute Gasteiger partial charge is 0.334 e. The second-order valence-corrected chi connectivity index (χ2v) is 5.04. The van der Waals surface area contributed by atoms with Gasteiger partial charge >= 0.3 is 11.8 Å². The van der Waals surface area contributed by atoms with Crippen molar-refractivity contribution in [3.63, 3.8) is 0 Å². The van der Waals surface area contributed by atoms with Crippen molar-refractivity contribution in [3.05, 3.63) is 0 Å². The van der Waals surface area contributed by atoms with Gasteiger partial charge in [-0.3, -0.25) is 9.59 Å². The number of nitrogens with one attached hydrogen (secondary N) is 1. The van der Waals surface area contributed by atoms with Crippen LogP contribution in [0, 0.1) is 0 Å². The maximum absolute atomic E-state index is 12.3. The van der Waals surface area contributed by atoms with E-state index in [-0.39, 0.29) is 11.8 Å². The minimum absolute atomic E-state index is 0.316. The SMILES string of the molecule is CCCCN(CCCC)C(=O)C(=O)N1CCNCC1. The maximum Gasteiger partial charge on any atom is 0.312 e. The quantitative estimate of drug-likeness (QED) is 0.727. The number of amides is 2. The van der Waals surface area contributed by atoms with Gasteiger partial charge in [-0.25, -0.2) is 0 Å². The van der Waals surface area contributed by atoms with Gasteiger partial charge in [0.05, 0.1) is 0 Å². The van der Waals surface area contributed by atoms with Crippen LogP contribution in [0.4, 0.5) is 0 Å². The summed E-state index contributed by atoms with van der Waals surface area (Å²) < 4.78 is 0. The lowest BCUT2D eigenvalue weighted by atomic mass is 10.2. The summed E-state index contributed by atoms with van der Waals surface area (Å²) in [6.07, 6.45) is 4.00. The van der Waals surface area contributed by atoms with E-state index in [0.29, 0.717) is 26.2 Å². The lowest BCUT2D eigenvalue weighted by Crippen LogP contribution is -2.52. The average Bonchev–Trinajstić information content (AvgIpc) is 2.47. The summed E-state index contributed by atoms with van der Waals surface area (Å²) in [5.41, 5.74) is 0. The zero-order valence-corrected chi connectivity index (χ0v) is 12.3. The van der Waals surface area contributed by atoms with Crippen LogP contribution in [-0.2, 0) is 9.59 Å². The van der Waals surface area contributed by atoms with Gasteiger partial charge in [0.2, 0.25) is 0 Å². The maximum atomic E-state index is 12.3. The Morgan fingerprint density at radius 3 is 2.05 bits per heavy atom. The zero-order chi connectivity index (χ0) is 14.1. The molecule has 2 amide bonds. The molecule has 0 aromatic heterocycles. The highest BCUT2D eigenvalue weighted by atomic mass is 16.2. The van der Waals surface area contributed by atoms with Gasteiger partial charge in [0.15, 0.2) is 0 Å². The number of nitrogens with zero attached hydrogens (tertiary/aromatic N) is 2. The van der Waals surface area contributed by atoms with Crippen molar-refractivity contribution >= 4 is 11.8 Å². The molecule has 5 nitrogen and oxygen atoms in total. The fourth-order valence-corrected chi connectivity index (χ4v) is 2.15. The molecule has 0 radical (unpaired) electrons. The molecule has 0 atom stereocenters. The van der Waals surface area contributed by atoms with Gasteiger partial charge in [-0.05, 0) is 12.8 Å². The topological polar surface area (TPSA) is 52.7 Å². The van der Waals surface area contributed by atoms with Crippen molar-refractivity contribution in [1.82, 2.24) is 15.1 Å². The predicted molar refractivity (Wildman–Crippen MR) is 75.8 cm³/mol. The summed E-state index contributed by atoms with van der Waals surface area (Å²) in [4.78, 5) is 27.8. The van der Waals surface area contributed by atoms with Crippen molar-refractivity contribution in [2.24, 2.45) is 0 Å². The highest BCUT2D eigenvalue weighted by Crippen LogP contribution is 2.03. The third kappa shape index (κ3) is 5.19. The molecular weight excluding hydrogens is 242 g/mol. The first-order valence-corrected chi connectivity index (χ1v) is 7.49. The summed E-state index contributed by atoms with van der Waals surface area (Å²) in [5.74, 6) is -0.641. The Hall–Kier alpha value is -1.10. The zero-order valence-electron chi connectivity index (χ0n) is 12.3. The van der Waals surface area contributed by atoms with Crippen LogP contribution in [0.2, 0.25) is 0 Å². The molecule has 1 aliphatic rings. The molecule has 19 heavy (non-hydrogen) atoms. The van der Waals surface area contributed by atoms with Crippen LogP contribution < -0.4 is 5.32 Å². The van der Waals surface area contributed by atoms with Crippen LogP contribution >= 0.6 is 0 Å². The first-order chi connectivity index (χ1) is 9.20. The summed E-state index contributed by atoms with van der Waals surface area (Å²) in [6, 6.07) is 0. The highest BCUT2D eigenvalue weighted by Gasteiger charge is 2.27. The van der Waals surface area contributed by atoms with E-state index in [4.69, 9.17) is 0 Å². The van der Waals surface area contributed by atoms with Crippen LogP contribution in [-0.4, -0.2) is 60.9 Å². The second kappa shape index (κ2) is 8.91. The van der Waals surface area contributed by atoms with Crippen molar-refractivity contribution < 1.29 is 9.59 Å². The van der Waals surface area contributed by atoms with Crippen molar-refractivity contribution in [2.45, 2.75) is 39.5 Å². The molecule has 1 N–H and O–H groups in total. The van der Waals surface area contributed by atoms with Gasteiger partial charge in [-0.15, -0.1) is 0 Å². The van der Waals surface area contributed by atoms with E-state index in [2.05, 4.69) is 19.2 Å². The average molecular weight is 269 g/mol. The molecule has 0 spiro atoms. The summed E-state index contributed by atoms with van der Waals surface area (Å²) in [7, 11) is 0. The number of carbonyl (C=O) groups excluding carboxylic acids is 2. The highest BCUT2D eigenvalue weighted by molar-refractivity contribution is 6.34. The molecule has 1 fully saturated rings. The van der Waals surface area contributed by atoms with Gasteiger partial charge in [0.25, 0.3) is 0 Å². The Labute approximate surface area is 116 Å². The predicted octanol–water partition coefficient (Wildman–Crippen LogP) is 0.847. The Morgan fingerprint density at radius 1 is 1.05 bits per heavy atom. The van der Waals surface area contributed by atoms with Gasteiger partial charge in [0.1, 0.15) is 0 Å². The van der Waals surface area contributed by atoms with Gasteiger partial charge in [-0.1, -0.05) is 26.7 Å². The molecule has 0 aliphatic carbocycles. The monoisotopic (exact) mass is 269 g/mol.